The summed E-state index contributed by atoms with van der Waals surface area (Å²) in [5, 5.41) is 2.86. The number of anilines is 2. The van der Waals surface area contributed by atoms with Gasteiger partial charge >= 0.3 is 0 Å². The minimum absolute atomic E-state index is 0.204. The van der Waals surface area contributed by atoms with Gasteiger partial charge in [-0.1, -0.05) is 12.1 Å². The topological polar surface area (TPSA) is 45.5 Å². The Labute approximate surface area is 114 Å². The van der Waals surface area contributed by atoms with Crippen molar-refractivity contribution < 1.29 is 9.21 Å². The Bertz CT molecular complexity index is 564. The fourth-order valence-electron chi connectivity index (χ4n) is 1.61. The van der Waals surface area contributed by atoms with Crippen molar-refractivity contribution in [3.63, 3.8) is 0 Å². The first kappa shape index (κ1) is 12.7. The summed E-state index contributed by atoms with van der Waals surface area (Å²) in [5.41, 5.74) is 2.19. The van der Waals surface area contributed by atoms with Crippen LogP contribution in [0.2, 0.25) is 0 Å². The summed E-state index contributed by atoms with van der Waals surface area (Å²) < 4.78 is 5.48. The molecule has 1 amide bonds. The fourth-order valence-corrected chi connectivity index (χ4v) is 2.03. The average Bonchev–Trinajstić information content (AvgIpc) is 2.76. The first-order valence-corrected chi connectivity index (χ1v) is 6.19. The maximum absolute atomic E-state index is 12.1. The van der Waals surface area contributed by atoms with Gasteiger partial charge in [0.25, 0.3) is 5.91 Å². The quantitative estimate of drug-likeness (QED) is 0.945. The minimum atomic E-state index is -0.204. The number of amides is 1. The van der Waals surface area contributed by atoms with Crippen molar-refractivity contribution in [1.82, 2.24) is 0 Å². The SMILES string of the molecule is CN(C)c1ccccc1NC(=O)c1ccoc1Br. The van der Waals surface area contributed by atoms with Gasteiger partial charge in [0, 0.05) is 14.1 Å². The second kappa shape index (κ2) is 5.27. The third-order valence-electron chi connectivity index (χ3n) is 2.50. The van der Waals surface area contributed by atoms with E-state index in [-0.39, 0.29) is 5.91 Å². The fraction of sp³-hybridized carbons (Fsp3) is 0.154. The molecule has 0 radical (unpaired) electrons. The molecule has 1 aromatic carbocycles. The van der Waals surface area contributed by atoms with Crippen LogP contribution in [0.25, 0.3) is 0 Å². The molecule has 0 aliphatic carbocycles. The Hall–Kier alpha value is -1.75. The van der Waals surface area contributed by atoms with Gasteiger partial charge in [-0.15, -0.1) is 0 Å². The van der Waals surface area contributed by atoms with E-state index in [1.54, 1.807) is 6.07 Å². The maximum Gasteiger partial charge on any atom is 0.260 e. The molecule has 0 spiro atoms. The molecule has 1 aromatic heterocycles. The normalized spacial score (nSPS) is 10.2. The summed E-state index contributed by atoms with van der Waals surface area (Å²) in [4.78, 5) is 14.0. The summed E-state index contributed by atoms with van der Waals surface area (Å²) in [6.45, 7) is 0. The maximum atomic E-state index is 12.1. The minimum Gasteiger partial charge on any atom is -0.457 e. The lowest BCUT2D eigenvalue weighted by atomic mass is 10.2. The monoisotopic (exact) mass is 308 g/mol. The predicted molar refractivity (Wildman–Crippen MR) is 75.1 cm³/mol. The van der Waals surface area contributed by atoms with E-state index in [2.05, 4.69) is 21.2 Å². The summed E-state index contributed by atoms with van der Waals surface area (Å²) in [6, 6.07) is 9.24. The van der Waals surface area contributed by atoms with Crippen LogP contribution in [0.4, 0.5) is 11.4 Å². The molecule has 1 N–H and O–H groups in total. The van der Waals surface area contributed by atoms with Gasteiger partial charge in [0.15, 0.2) is 4.67 Å². The Balaban J connectivity index is 2.25. The van der Waals surface area contributed by atoms with Crippen LogP contribution in [-0.2, 0) is 0 Å². The summed E-state index contributed by atoms with van der Waals surface area (Å²) in [7, 11) is 3.86. The van der Waals surface area contributed by atoms with Gasteiger partial charge in [-0.05, 0) is 34.1 Å². The van der Waals surface area contributed by atoms with E-state index in [9.17, 15) is 4.79 Å². The summed E-state index contributed by atoms with van der Waals surface area (Å²) in [5.74, 6) is -0.204. The number of nitrogens with one attached hydrogen (secondary N) is 1. The molecule has 4 nitrogen and oxygen atoms in total. The molecule has 0 unspecified atom stereocenters. The largest absolute Gasteiger partial charge is 0.457 e. The molecule has 0 aliphatic rings. The smallest absolute Gasteiger partial charge is 0.260 e. The molecular weight excluding hydrogens is 296 g/mol. The molecule has 0 saturated carbocycles. The van der Waals surface area contributed by atoms with E-state index in [1.807, 2.05) is 43.3 Å². The van der Waals surface area contributed by atoms with Gasteiger partial charge in [0.05, 0.1) is 23.2 Å². The van der Waals surface area contributed by atoms with E-state index in [1.165, 1.54) is 6.26 Å². The van der Waals surface area contributed by atoms with Crippen LogP contribution in [0, 0.1) is 0 Å². The molecule has 0 atom stereocenters. The van der Waals surface area contributed by atoms with Gasteiger partial charge < -0.3 is 14.6 Å². The number of hydrogen-bond donors (Lipinski definition) is 1. The van der Waals surface area contributed by atoms with Crippen molar-refractivity contribution in [2.45, 2.75) is 0 Å². The number of rotatable bonds is 3. The molecular formula is C13H13BrN2O2. The number of furan rings is 1. The van der Waals surface area contributed by atoms with Crippen molar-refractivity contribution >= 4 is 33.2 Å². The van der Waals surface area contributed by atoms with Crippen LogP contribution in [0.15, 0.2) is 45.7 Å². The van der Waals surface area contributed by atoms with Crippen LogP contribution in [0.5, 0.6) is 0 Å². The van der Waals surface area contributed by atoms with Crippen molar-refractivity contribution in [3.8, 4) is 0 Å². The second-order valence-corrected chi connectivity index (χ2v) is 4.69. The zero-order valence-corrected chi connectivity index (χ0v) is 11.7. The van der Waals surface area contributed by atoms with Crippen LogP contribution in [0.1, 0.15) is 10.4 Å². The van der Waals surface area contributed by atoms with Crippen molar-refractivity contribution in [1.29, 1.82) is 0 Å². The van der Waals surface area contributed by atoms with Crippen LogP contribution in [-0.4, -0.2) is 20.0 Å². The van der Waals surface area contributed by atoms with Gasteiger partial charge in [-0.2, -0.15) is 0 Å². The average molecular weight is 309 g/mol. The first-order valence-electron chi connectivity index (χ1n) is 5.40. The number of para-hydroxylation sites is 2. The second-order valence-electron chi connectivity index (χ2n) is 3.97. The number of halogens is 1. The van der Waals surface area contributed by atoms with Crippen LogP contribution >= 0.6 is 15.9 Å². The molecule has 0 saturated heterocycles. The first-order chi connectivity index (χ1) is 8.59. The van der Waals surface area contributed by atoms with Gasteiger partial charge in [0.2, 0.25) is 0 Å². The van der Waals surface area contributed by atoms with Gasteiger partial charge in [-0.25, -0.2) is 0 Å². The molecule has 94 valence electrons. The summed E-state index contributed by atoms with van der Waals surface area (Å²) in [6.07, 6.45) is 1.47. The zero-order chi connectivity index (χ0) is 13.1. The molecule has 0 aliphatic heterocycles. The lowest BCUT2D eigenvalue weighted by molar-refractivity contribution is 0.102. The predicted octanol–water partition coefficient (Wildman–Crippen LogP) is 3.36. The van der Waals surface area contributed by atoms with E-state index in [0.717, 1.165) is 11.4 Å². The molecule has 5 heteroatoms. The highest BCUT2D eigenvalue weighted by molar-refractivity contribution is 9.10. The number of nitrogens with zero attached hydrogens (tertiary/aromatic N) is 1. The van der Waals surface area contributed by atoms with E-state index < -0.39 is 0 Å². The molecule has 2 rings (SSSR count). The number of carbonyl (C=O) groups excluding carboxylic acids is 1. The standard InChI is InChI=1S/C13H13BrN2O2/c1-16(2)11-6-4-3-5-10(11)15-13(17)9-7-8-18-12(9)14/h3-8H,1-2H3,(H,15,17). The highest BCUT2D eigenvalue weighted by atomic mass is 79.9. The van der Waals surface area contributed by atoms with Crippen LogP contribution in [0.3, 0.4) is 0 Å². The lowest BCUT2D eigenvalue weighted by Gasteiger charge is -2.17. The van der Waals surface area contributed by atoms with Crippen LogP contribution < -0.4 is 10.2 Å². The lowest BCUT2D eigenvalue weighted by Crippen LogP contribution is -2.16. The van der Waals surface area contributed by atoms with E-state index >= 15 is 0 Å². The third kappa shape index (κ3) is 2.56. The van der Waals surface area contributed by atoms with E-state index in [0.29, 0.717) is 10.2 Å². The Morgan fingerprint density at radius 3 is 2.61 bits per heavy atom. The Morgan fingerprint density at radius 2 is 2.00 bits per heavy atom. The number of benzene rings is 1. The molecule has 18 heavy (non-hydrogen) atoms. The third-order valence-corrected chi connectivity index (χ3v) is 3.11. The zero-order valence-electron chi connectivity index (χ0n) is 10.1. The number of carbonyl (C=O) groups is 1. The van der Waals surface area contributed by atoms with Crippen molar-refractivity contribution in [3.05, 3.63) is 46.8 Å². The van der Waals surface area contributed by atoms with E-state index in [4.69, 9.17) is 4.42 Å². The highest BCUT2D eigenvalue weighted by Crippen LogP contribution is 2.25. The molecule has 2 aromatic rings. The molecule has 1 heterocycles. The summed E-state index contributed by atoms with van der Waals surface area (Å²) >= 11 is 3.19. The Morgan fingerprint density at radius 1 is 1.28 bits per heavy atom. The molecule has 0 fully saturated rings. The highest BCUT2D eigenvalue weighted by Gasteiger charge is 2.14. The van der Waals surface area contributed by atoms with Crippen molar-refractivity contribution in [2.24, 2.45) is 0 Å². The molecule has 0 bridgehead atoms. The Kier molecular flexibility index (Phi) is 3.72. The van der Waals surface area contributed by atoms with Gasteiger partial charge in [0.1, 0.15) is 0 Å². The van der Waals surface area contributed by atoms with Gasteiger partial charge in [-0.3, -0.25) is 4.79 Å². The number of hydrogen-bond acceptors (Lipinski definition) is 3. The van der Waals surface area contributed by atoms with Crippen molar-refractivity contribution in [2.75, 3.05) is 24.3 Å².